The normalized spacial score (nSPS) is 11.1. The molecule has 3 aromatic rings. The molecule has 0 saturated carbocycles. The number of thioether (sulfide) groups is 1. The number of aryl methyl sites for hydroxylation is 1. The summed E-state index contributed by atoms with van der Waals surface area (Å²) in [4.78, 5) is 5.34. The monoisotopic (exact) mass is 336 g/mol. The van der Waals surface area contributed by atoms with Gasteiger partial charge in [0.2, 0.25) is 11.0 Å². The van der Waals surface area contributed by atoms with E-state index in [9.17, 15) is 0 Å². The van der Waals surface area contributed by atoms with E-state index in [1.165, 1.54) is 16.4 Å². The molecule has 0 saturated heterocycles. The van der Waals surface area contributed by atoms with Gasteiger partial charge in [0.05, 0.1) is 10.6 Å². The van der Waals surface area contributed by atoms with Gasteiger partial charge in [0.25, 0.3) is 0 Å². The number of thiophene rings is 1. The summed E-state index contributed by atoms with van der Waals surface area (Å²) in [5, 5.41) is 14.8. The van der Waals surface area contributed by atoms with Crippen molar-refractivity contribution in [2.24, 2.45) is 0 Å². The van der Waals surface area contributed by atoms with Gasteiger partial charge in [-0.15, -0.1) is 21.5 Å². The molecule has 9 heteroatoms. The number of nitrogens with zero attached hydrogens (tertiary/aromatic N) is 5. The summed E-state index contributed by atoms with van der Waals surface area (Å²) in [6, 6.07) is 3.92. The Bertz CT molecular complexity index is 721. The average Bonchev–Trinajstić information content (AvgIpc) is 3.24. The number of nitrogen functional groups attached to an aromatic ring is 1. The van der Waals surface area contributed by atoms with Crippen LogP contribution < -0.4 is 5.84 Å². The van der Waals surface area contributed by atoms with Crippen LogP contribution in [0.2, 0.25) is 0 Å². The molecule has 0 aromatic carbocycles. The first kappa shape index (κ1) is 15.0. The minimum absolute atomic E-state index is 0.527. The SMILES string of the molecule is CCCCc1noc(CSc2nnc(-c3cccs3)n2N)n1. The maximum atomic E-state index is 6.04. The number of unbranched alkanes of at least 4 members (excludes halogenated alkanes) is 1. The van der Waals surface area contributed by atoms with E-state index >= 15 is 0 Å². The predicted molar refractivity (Wildman–Crippen MR) is 86.0 cm³/mol. The van der Waals surface area contributed by atoms with Crippen molar-refractivity contribution in [3.8, 4) is 10.7 Å². The second-order valence-electron chi connectivity index (χ2n) is 4.65. The molecule has 116 valence electrons. The molecule has 0 aliphatic heterocycles. The highest BCUT2D eigenvalue weighted by Crippen LogP contribution is 2.26. The van der Waals surface area contributed by atoms with E-state index in [0.717, 1.165) is 30.0 Å². The minimum Gasteiger partial charge on any atom is -0.338 e. The van der Waals surface area contributed by atoms with Crippen molar-refractivity contribution in [2.75, 3.05) is 5.84 Å². The van der Waals surface area contributed by atoms with Gasteiger partial charge in [0, 0.05) is 6.42 Å². The molecule has 2 N–H and O–H groups in total. The van der Waals surface area contributed by atoms with Gasteiger partial charge in [-0.25, -0.2) is 4.68 Å². The maximum Gasteiger partial charge on any atom is 0.237 e. The highest BCUT2D eigenvalue weighted by molar-refractivity contribution is 7.98. The summed E-state index contributed by atoms with van der Waals surface area (Å²) in [6.45, 7) is 2.14. The van der Waals surface area contributed by atoms with Crippen molar-refractivity contribution >= 4 is 23.1 Å². The molecule has 22 heavy (non-hydrogen) atoms. The van der Waals surface area contributed by atoms with Crippen LogP contribution in [0.25, 0.3) is 10.7 Å². The molecule has 3 heterocycles. The van der Waals surface area contributed by atoms with Crippen molar-refractivity contribution in [3.63, 3.8) is 0 Å². The second-order valence-corrected chi connectivity index (χ2v) is 6.54. The zero-order chi connectivity index (χ0) is 15.4. The highest BCUT2D eigenvalue weighted by Gasteiger charge is 2.14. The van der Waals surface area contributed by atoms with Crippen LogP contribution in [0.15, 0.2) is 27.2 Å². The first-order valence-corrected chi connectivity index (χ1v) is 8.83. The molecule has 0 aliphatic carbocycles. The lowest BCUT2D eigenvalue weighted by Crippen LogP contribution is -2.11. The van der Waals surface area contributed by atoms with Crippen LogP contribution in [0.4, 0.5) is 0 Å². The lowest BCUT2D eigenvalue weighted by atomic mass is 10.2. The molecule has 3 aromatic heterocycles. The Morgan fingerprint density at radius 3 is 3.09 bits per heavy atom. The smallest absolute Gasteiger partial charge is 0.237 e. The molecule has 7 nitrogen and oxygen atoms in total. The molecular weight excluding hydrogens is 320 g/mol. The first-order chi connectivity index (χ1) is 10.8. The van der Waals surface area contributed by atoms with Crippen molar-refractivity contribution < 1.29 is 4.52 Å². The standard InChI is InChI=1S/C13H16N6OS2/c1-2-3-6-10-15-11(20-18-10)8-22-13-17-16-12(19(13)14)9-5-4-7-21-9/h4-5,7H,2-3,6,8,14H2,1H3. The molecule has 0 unspecified atom stereocenters. The molecule has 0 radical (unpaired) electrons. The average molecular weight is 336 g/mol. The van der Waals surface area contributed by atoms with E-state index < -0.39 is 0 Å². The summed E-state index contributed by atoms with van der Waals surface area (Å²) in [5.74, 6) is 8.56. The largest absolute Gasteiger partial charge is 0.338 e. The molecule has 0 aliphatic rings. The Morgan fingerprint density at radius 2 is 2.32 bits per heavy atom. The van der Waals surface area contributed by atoms with Gasteiger partial charge in [0.1, 0.15) is 0 Å². The van der Waals surface area contributed by atoms with Crippen LogP contribution in [0, 0.1) is 0 Å². The van der Waals surface area contributed by atoms with E-state index in [4.69, 9.17) is 10.4 Å². The Morgan fingerprint density at radius 1 is 1.41 bits per heavy atom. The van der Waals surface area contributed by atoms with Crippen molar-refractivity contribution in [1.82, 2.24) is 25.0 Å². The van der Waals surface area contributed by atoms with Gasteiger partial charge in [0.15, 0.2) is 11.6 Å². The van der Waals surface area contributed by atoms with Gasteiger partial charge < -0.3 is 10.4 Å². The molecule has 0 spiro atoms. The quantitative estimate of drug-likeness (QED) is 0.523. The third-order valence-corrected chi connectivity index (χ3v) is 4.79. The third kappa shape index (κ3) is 3.30. The predicted octanol–water partition coefficient (Wildman–Crippen LogP) is 2.74. The van der Waals surface area contributed by atoms with Crippen molar-refractivity contribution in [1.29, 1.82) is 0 Å². The van der Waals surface area contributed by atoms with Crippen molar-refractivity contribution in [2.45, 2.75) is 37.1 Å². The number of hydrogen-bond donors (Lipinski definition) is 1. The summed E-state index contributed by atoms with van der Waals surface area (Å²) >= 11 is 3.00. The number of nitrogens with two attached hydrogens (primary N) is 1. The van der Waals surface area contributed by atoms with Crippen LogP contribution in [-0.4, -0.2) is 25.0 Å². The van der Waals surface area contributed by atoms with Crippen LogP contribution in [-0.2, 0) is 12.2 Å². The lowest BCUT2D eigenvalue weighted by molar-refractivity contribution is 0.384. The molecule has 0 atom stereocenters. The van der Waals surface area contributed by atoms with Crippen LogP contribution >= 0.6 is 23.1 Å². The zero-order valence-electron chi connectivity index (χ0n) is 12.1. The lowest BCUT2D eigenvalue weighted by Gasteiger charge is -2.00. The molecular formula is C13H16N6OS2. The Kier molecular flexibility index (Phi) is 4.74. The van der Waals surface area contributed by atoms with E-state index in [1.807, 2.05) is 17.5 Å². The Labute approximate surface area is 135 Å². The van der Waals surface area contributed by atoms with Gasteiger partial charge in [-0.2, -0.15) is 4.98 Å². The zero-order valence-corrected chi connectivity index (χ0v) is 13.7. The first-order valence-electron chi connectivity index (χ1n) is 6.96. The topological polar surface area (TPSA) is 95.7 Å². The highest BCUT2D eigenvalue weighted by atomic mass is 32.2. The summed E-state index contributed by atoms with van der Waals surface area (Å²) in [6.07, 6.45) is 3.02. The summed E-state index contributed by atoms with van der Waals surface area (Å²) in [5.41, 5.74) is 0. The number of aromatic nitrogens is 5. The van der Waals surface area contributed by atoms with Crippen molar-refractivity contribution in [3.05, 3.63) is 29.2 Å². The van der Waals surface area contributed by atoms with Gasteiger partial charge in [-0.05, 0) is 17.9 Å². The van der Waals surface area contributed by atoms with Gasteiger partial charge >= 0.3 is 0 Å². The minimum atomic E-state index is 0.527. The maximum absolute atomic E-state index is 6.04. The number of hydrogen-bond acceptors (Lipinski definition) is 8. The molecule has 3 rings (SSSR count). The third-order valence-electron chi connectivity index (χ3n) is 2.99. The van der Waals surface area contributed by atoms with E-state index in [2.05, 4.69) is 27.3 Å². The molecule has 0 amide bonds. The van der Waals surface area contributed by atoms with E-state index in [0.29, 0.717) is 22.6 Å². The second kappa shape index (κ2) is 6.93. The van der Waals surface area contributed by atoms with Crippen LogP contribution in [0.5, 0.6) is 0 Å². The van der Waals surface area contributed by atoms with Gasteiger partial charge in [-0.3, -0.25) is 0 Å². The Balaban J connectivity index is 1.63. The van der Waals surface area contributed by atoms with Crippen LogP contribution in [0.3, 0.4) is 0 Å². The summed E-state index contributed by atoms with van der Waals surface area (Å²) < 4.78 is 6.72. The Hall–Kier alpha value is -1.87. The van der Waals surface area contributed by atoms with E-state index in [-0.39, 0.29) is 0 Å². The number of rotatable bonds is 7. The molecule has 0 bridgehead atoms. The molecule has 0 fully saturated rings. The van der Waals surface area contributed by atoms with Gasteiger partial charge in [-0.1, -0.05) is 36.3 Å². The fourth-order valence-corrected chi connectivity index (χ4v) is 3.26. The fourth-order valence-electron chi connectivity index (χ4n) is 1.86. The summed E-state index contributed by atoms with van der Waals surface area (Å²) in [7, 11) is 0. The van der Waals surface area contributed by atoms with E-state index in [1.54, 1.807) is 11.3 Å². The van der Waals surface area contributed by atoms with Crippen LogP contribution in [0.1, 0.15) is 31.5 Å². The fraction of sp³-hybridized carbons (Fsp3) is 0.385.